The van der Waals surface area contributed by atoms with Crippen molar-refractivity contribution in [3.8, 4) is 5.75 Å². The van der Waals surface area contributed by atoms with E-state index in [2.05, 4.69) is 16.0 Å². The summed E-state index contributed by atoms with van der Waals surface area (Å²) in [7, 11) is 0. The van der Waals surface area contributed by atoms with Gasteiger partial charge in [0.1, 0.15) is 17.6 Å². The molecule has 3 aromatic rings. The Morgan fingerprint density at radius 1 is 0.895 bits per heavy atom. The molecule has 0 aliphatic rings. The lowest BCUT2D eigenvalue weighted by Gasteiger charge is -2.21. The standard InChI is InChI=1S/C30H37N5O3/c1-21(29(37)34-20-24-12-15-25(16-13-24)28(31)32)35-30(38)27(17-14-22-7-3-2-4-8-22)33-18-6-10-23-9-5-11-26(36)19-23/h2-5,7-9,11-13,15-16,19,21,27,33,36H,6,10,14,17-18,20H2,1H3,(H3,31,32)(H,34,37)(H,35,38)/t21-,27+/m0/s1. The Labute approximate surface area is 224 Å². The van der Waals surface area contributed by atoms with Crippen molar-refractivity contribution >= 4 is 17.6 Å². The van der Waals surface area contributed by atoms with E-state index in [0.29, 0.717) is 25.1 Å². The summed E-state index contributed by atoms with van der Waals surface area (Å²) >= 11 is 0. The van der Waals surface area contributed by atoms with Crippen LogP contribution in [-0.4, -0.2) is 41.4 Å². The van der Waals surface area contributed by atoms with Gasteiger partial charge in [-0.05, 0) is 68.0 Å². The molecule has 0 fully saturated rings. The maximum absolute atomic E-state index is 13.1. The topological polar surface area (TPSA) is 140 Å². The molecule has 0 saturated carbocycles. The minimum Gasteiger partial charge on any atom is -0.508 e. The van der Waals surface area contributed by atoms with Gasteiger partial charge in [-0.25, -0.2) is 0 Å². The summed E-state index contributed by atoms with van der Waals surface area (Å²) in [5.74, 6) is -0.255. The number of nitrogens with two attached hydrogens (primary N) is 1. The van der Waals surface area contributed by atoms with Crippen LogP contribution in [0.15, 0.2) is 78.9 Å². The number of amidine groups is 1. The van der Waals surface area contributed by atoms with E-state index in [1.807, 2.05) is 42.5 Å². The highest BCUT2D eigenvalue weighted by Gasteiger charge is 2.22. The summed E-state index contributed by atoms with van der Waals surface area (Å²) in [5, 5.41) is 26.2. The van der Waals surface area contributed by atoms with Crippen LogP contribution in [0.3, 0.4) is 0 Å². The fourth-order valence-electron chi connectivity index (χ4n) is 4.09. The summed E-state index contributed by atoms with van der Waals surface area (Å²) in [6, 6.07) is 23.1. The number of carbonyl (C=O) groups excluding carboxylic acids is 2. The third-order valence-corrected chi connectivity index (χ3v) is 6.31. The smallest absolute Gasteiger partial charge is 0.242 e. The molecule has 0 bridgehead atoms. The normalized spacial score (nSPS) is 12.3. The summed E-state index contributed by atoms with van der Waals surface area (Å²) < 4.78 is 0. The molecule has 0 heterocycles. The van der Waals surface area contributed by atoms with Crippen molar-refractivity contribution in [1.82, 2.24) is 16.0 Å². The van der Waals surface area contributed by atoms with Crippen LogP contribution < -0.4 is 21.7 Å². The molecule has 2 amide bonds. The Morgan fingerprint density at radius 3 is 2.29 bits per heavy atom. The first-order valence-corrected chi connectivity index (χ1v) is 12.9. The molecule has 2 atom stereocenters. The molecule has 8 heteroatoms. The van der Waals surface area contributed by atoms with Gasteiger partial charge in [-0.2, -0.15) is 0 Å². The van der Waals surface area contributed by atoms with Gasteiger partial charge < -0.3 is 26.8 Å². The highest BCUT2D eigenvalue weighted by atomic mass is 16.3. The van der Waals surface area contributed by atoms with Crippen LogP contribution in [0.1, 0.15) is 42.0 Å². The third kappa shape index (κ3) is 9.37. The molecule has 0 aliphatic heterocycles. The lowest BCUT2D eigenvalue weighted by molar-refractivity contribution is -0.129. The molecular weight excluding hydrogens is 478 g/mol. The number of aryl methyl sites for hydroxylation is 2. The predicted molar refractivity (Wildman–Crippen MR) is 150 cm³/mol. The van der Waals surface area contributed by atoms with Crippen LogP contribution in [-0.2, 0) is 29.0 Å². The first-order chi connectivity index (χ1) is 18.3. The minimum atomic E-state index is -0.702. The van der Waals surface area contributed by atoms with Crippen molar-refractivity contribution in [2.75, 3.05) is 6.54 Å². The van der Waals surface area contributed by atoms with E-state index < -0.39 is 12.1 Å². The summed E-state index contributed by atoms with van der Waals surface area (Å²) in [6.07, 6.45) is 2.91. The molecule has 3 aromatic carbocycles. The molecule has 38 heavy (non-hydrogen) atoms. The number of nitrogens with one attached hydrogen (secondary N) is 4. The van der Waals surface area contributed by atoms with E-state index >= 15 is 0 Å². The first kappa shape index (κ1) is 28.4. The lowest BCUT2D eigenvalue weighted by atomic mass is 10.0. The van der Waals surface area contributed by atoms with Gasteiger partial charge in [0.15, 0.2) is 0 Å². The van der Waals surface area contributed by atoms with Crippen molar-refractivity contribution in [2.24, 2.45) is 5.73 Å². The monoisotopic (exact) mass is 515 g/mol. The van der Waals surface area contributed by atoms with Crippen molar-refractivity contribution < 1.29 is 14.7 Å². The average molecular weight is 516 g/mol. The molecular formula is C30H37N5O3. The number of hydrogen-bond donors (Lipinski definition) is 6. The van der Waals surface area contributed by atoms with Gasteiger partial charge in [0.2, 0.25) is 11.8 Å². The van der Waals surface area contributed by atoms with Crippen LogP contribution in [0.4, 0.5) is 0 Å². The van der Waals surface area contributed by atoms with Gasteiger partial charge in [-0.1, -0.05) is 66.7 Å². The second-order valence-electron chi connectivity index (χ2n) is 9.36. The number of phenols is 1. The highest BCUT2D eigenvalue weighted by Crippen LogP contribution is 2.12. The van der Waals surface area contributed by atoms with Crippen LogP contribution in [0.2, 0.25) is 0 Å². The Hall–Kier alpha value is -4.17. The van der Waals surface area contributed by atoms with Crippen molar-refractivity contribution in [1.29, 1.82) is 5.41 Å². The maximum Gasteiger partial charge on any atom is 0.242 e. The molecule has 3 rings (SSSR count). The number of nitrogen functional groups attached to an aromatic ring is 1. The van der Waals surface area contributed by atoms with Gasteiger partial charge in [0.25, 0.3) is 0 Å². The van der Waals surface area contributed by atoms with Crippen LogP contribution in [0, 0.1) is 5.41 Å². The zero-order chi connectivity index (χ0) is 27.3. The van der Waals surface area contributed by atoms with E-state index in [0.717, 1.165) is 36.0 Å². The lowest BCUT2D eigenvalue weighted by Crippen LogP contribution is -2.51. The molecule has 0 spiro atoms. The second-order valence-corrected chi connectivity index (χ2v) is 9.36. The fourth-order valence-corrected chi connectivity index (χ4v) is 4.09. The second kappa shape index (κ2) is 14.5. The van der Waals surface area contributed by atoms with Gasteiger partial charge >= 0.3 is 0 Å². The average Bonchev–Trinajstić information content (AvgIpc) is 2.92. The van der Waals surface area contributed by atoms with Crippen molar-refractivity contribution in [3.05, 3.63) is 101 Å². The van der Waals surface area contributed by atoms with E-state index in [-0.39, 0.29) is 23.4 Å². The van der Waals surface area contributed by atoms with Crippen molar-refractivity contribution in [2.45, 2.75) is 51.2 Å². The van der Waals surface area contributed by atoms with Gasteiger partial charge in [0.05, 0.1) is 6.04 Å². The molecule has 0 unspecified atom stereocenters. The summed E-state index contributed by atoms with van der Waals surface area (Å²) in [4.78, 5) is 25.8. The number of carbonyl (C=O) groups is 2. The molecule has 7 N–H and O–H groups in total. The SMILES string of the molecule is C[C@H](NC(=O)[C@@H](CCc1ccccc1)NCCCc1cccc(O)c1)C(=O)NCc1ccc(C(=N)N)cc1. The Bertz CT molecular complexity index is 1200. The third-order valence-electron chi connectivity index (χ3n) is 6.31. The minimum absolute atomic E-state index is 0.00767. The predicted octanol–water partition coefficient (Wildman–Crippen LogP) is 3.02. The number of phenolic OH excluding ortho intramolecular Hbond substituents is 1. The van der Waals surface area contributed by atoms with Gasteiger partial charge in [-0.15, -0.1) is 0 Å². The molecule has 8 nitrogen and oxygen atoms in total. The molecule has 0 radical (unpaired) electrons. The molecule has 0 saturated heterocycles. The van der Waals surface area contributed by atoms with E-state index in [1.54, 1.807) is 43.3 Å². The fraction of sp³-hybridized carbons (Fsp3) is 0.300. The molecule has 0 aromatic heterocycles. The Balaban J connectivity index is 1.51. The Morgan fingerprint density at radius 2 is 1.61 bits per heavy atom. The largest absolute Gasteiger partial charge is 0.508 e. The van der Waals surface area contributed by atoms with Crippen LogP contribution in [0.25, 0.3) is 0 Å². The van der Waals surface area contributed by atoms with Gasteiger partial charge in [0, 0.05) is 12.1 Å². The van der Waals surface area contributed by atoms with E-state index in [9.17, 15) is 14.7 Å². The van der Waals surface area contributed by atoms with E-state index in [1.165, 1.54) is 0 Å². The number of amides is 2. The highest BCUT2D eigenvalue weighted by molar-refractivity contribution is 5.95. The Kier molecular flexibility index (Phi) is 10.9. The first-order valence-electron chi connectivity index (χ1n) is 12.9. The molecule has 0 aliphatic carbocycles. The number of aromatic hydroxyl groups is 1. The quantitative estimate of drug-likeness (QED) is 0.111. The number of benzene rings is 3. The molecule has 200 valence electrons. The zero-order valence-corrected chi connectivity index (χ0v) is 21.7. The van der Waals surface area contributed by atoms with Crippen LogP contribution in [0.5, 0.6) is 5.75 Å². The summed E-state index contributed by atoms with van der Waals surface area (Å²) in [6.45, 7) is 2.60. The maximum atomic E-state index is 13.1. The number of hydrogen-bond acceptors (Lipinski definition) is 5. The van der Waals surface area contributed by atoms with Crippen molar-refractivity contribution in [3.63, 3.8) is 0 Å². The number of rotatable bonds is 14. The van der Waals surface area contributed by atoms with E-state index in [4.69, 9.17) is 11.1 Å². The zero-order valence-electron chi connectivity index (χ0n) is 21.7. The van der Waals surface area contributed by atoms with Crippen LogP contribution >= 0.6 is 0 Å². The van der Waals surface area contributed by atoms with Gasteiger partial charge in [-0.3, -0.25) is 15.0 Å². The summed E-state index contributed by atoms with van der Waals surface area (Å²) in [5.41, 5.74) is 9.16.